The summed E-state index contributed by atoms with van der Waals surface area (Å²) in [6, 6.07) is 9.03. The Kier molecular flexibility index (Phi) is 4.81. The van der Waals surface area contributed by atoms with Gasteiger partial charge in [-0.05, 0) is 35.4 Å². The van der Waals surface area contributed by atoms with Crippen molar-refractivity contribution in [1.29, 1.82) is 0 Å². The van der Waals surface area contributed by atoms with Gasteiger partial charge in [-0.25, -0.2) is 13.6 Å². The first-order valence-electron chi connectivity index (χ1n) is 7.38. The molecule has 1 aromatic heterocycles. The van der Waals surface area contributed by atoms with E-state index in [2.05, 4.69) is 5.10 Å². The molecule has 3 rings (SSSR count). The highest BCUT2D eigenvalue weighted by atomic mass is 35.5. The van der Waals surface area contributed by atoms with E-state index in [4.69, 9.17) is 16.7 Å². The number of aromatic nitrogens is 2. The Morgan fingerprint density at radius 1 is 1.28 bits per heavy atom. The number of fused-ring (bicyclic) bond motifs is 1. The lowest BCUT2D eigenvalue weighted by Crippen LogP contribution is -2.03. The van der Waals surface area contributed by atoms with E-state index < -0.39 is 18.5 Å². The Labute approximate surface area is 147 Å². The van der Waals surface area contributed by atoms with Gasteiger partial charge < -0.3 is 5.11 Å². The molecule has 0 radical (unpaired) electrons. The van der Waals surface area contributed by atoms with E-state index in [1.54, 1.807) is 28.9 Å². The average Bonchev–Trinajstić information content (AvgIpc) is 2.92. The molecule has 128 valence electrons. The third-order valence-corrected chi connectivity index (χ3v) is 4.07. The summed E-state index contributed by atoms with van der Waals surface area (Å²) in [7, 11) is 0. The molecule has 3 aromatic rings. The first-order valence-corrected chi connectivity index (χ1v) is 7.76. The standard InChI is InChI=1S/C18H13ClF2N2O2/c19-15-8-13(21)3-2-12(15)10-23-17-7-11(9-20)1-4-14(17)16(22-23)5-6-18(24)25/h1-8H,9-10H2,(H,24,25)/b6-5+. The highest BCUT2D eigenvalue weighted by molar-refractivity contribution is 6.31. The first kappa shape index (κ1) is 17.1. The van der Waals surface area contributed by atoms with Gasteiger partial charge in [0.15, 0.2) is 0 Å². The molecule has 0 saturated carbocycles. The fourth-order valence-corrected chi connectivity index (χ4v) is 2.76. The number of hydrogen-bond donors (Lipinski definition) is 1. The molecule has 25 heavy (non-hydrogen) atoms. The van der Waals surface area contributed by atoms with Crippen molar-refractivity contribution in [2.24, 2.45) is 0 Å². The molecular formula is C18H13ClF2N2O2. The van der Waals surface area contributed by atoms with Crippen LogP contribution in [-0.2, 0) is 18.0 Å². The van der Waals surface area contributed by atoms with Gasteiger partial charge in [-0.15, -0.1) is 0 Å². The normalized spacial score (nSPS) is 11.5. The molecule has 0 amide bonds. The Hall–Kier alpha value is -2.73. The van der Waals surface area contributed by atoms with Crippen molar-refractivity contribution in [3.63, 3.8) is 0 Å². The number of carboxylic acids is 1. The third kappa shape index (κ3) is 3.69. The Morgan fingerprint density at radius 3 is 2.76 bits per heavy atom. The maximum Gasteiger partial charge on any atom is 0.328 e. The van der Waals surface area contributed by atoms with Gasteiger partial charge in [0.2, 0.25) is 0 Å². The molecule has 0 atom stereocenters. The lowest BCUT2D eigenvalue weighted by atomic mass is 10.1. The van der Waals surface area contributed by atoms with Crippen LogP contribution in [0.5, 0.6) is 0 Å². The van der Waals surface area contributed by atoms with Gasteiger partial charge in [0.25, 0.3) is 0 Å². The zero-order valence-corrected chi connectivity index (χ0v) is 13.7. The fraction of sp³-hybridized carbons (Fsp3) is 0.111. The summed E-state index contributed by atoms with van der Waals surface area (Å²) in [5.74, 6) is -1.53. The zero-order valence-electron chi connectivity index (χ0n) is 12.9. The molecule has 0 bridgehead atoms. The molecule has 2 aromatic carbocycles. The van der Waals surface area contributed by atoms with E-state index in [1.807, 2.05) is 0 Å². The van der Waals surface area contributed by atoms with Gasteiger partial charge in [0.1, 0.15) is 12.5 Å². The zero-order chi connectivity index (χ0) is 18.0. The molecule has 0 fully saturated rings. The maximum atomic E-state index is 13.2. The smallest absolute Gasteiger partial charge is 0.328 e. The number of nitrogens with zero attached hydrogens (tertiary/aromatic N) is 2. The van der Waals surface area contributed by atoms with Crippen LogP contribution in [0, 0.1) is 5.82 Å². The van der Waals surface area contributed by atoms with E-state index in [1.165, 1.54) is 18.2 Å². The van der Waals surface area contributed by atoms with Crippen molar-refractivity contribution in [1.82, 2.24) is 9.78 Å². The molecule has 0 spiro atoms. The van der Waals surface area contributed by atoms with Crippen molar-refractivity contribution in [3.8, 4) is 0 Å². The van der Waals surface area contributed by atoms with Crippen LogP contribution in [0.3, 0.4) is 0 Å². The van der Waals surface area contributed by atoms with Gasteiger partial charge in [0, 0.05) is 16.5 Å². The minimum Gasteiger partial charge on any atom is -0.478 e. The van der Waals surface area contributed by atoms with Gasteiger partial charge >= 0.3 is 5.97 Å². The molecule has 4 nitrogen and oxygen atoms in total. The van der Waals surface area contributed by atoms with Crippen LogP contribution in [0.4, 0.5) is 8.78 Å². The molecule has 7 heteroatoms. The van der Waals surface area contributed by atoms with Crippen molar-refractivity contribution >= 4 is 34.5 Å². The molecule has 1 N–H and O–H groups in total. The summed E-state index contributed by atoms with van der Waals surface area (Å²) in [4.78, 5) is 10.8. The quantitative estimate of drug-likeness (QED) is 0.682. The predicted molar refractivity (Wildman–Crippen MR) is 91.7 cm³/mol. The van der Waals surface area contributed by atoms with Gasteiger partial charge in [-0.1, -0.05) is 29.8 Å². The second-order valence-electron chi connectivity index (χ2n) is 5.44. The van der Waals surface area contributed by atoms with E-state index in [0.717, 1.165) is 6.08 Å². The minimum absolute atomic E-state index is 0.242. The van der Waals surface area contributed by atoms with Gasteiger partial charge in [-0.2, -0.15) is 5.10 Å². The molecule has 1 heterocycles. The number of halogens is 3. The van der Waals surface area contributed by atoms with Crippen molar-refractivity contribution < 1.29 is 18.7 Å². The third-order valence-electron chi connectivity index (χ3n) is 3.72. The topological polar surface area (TPSA) is 55.1 Å². The summed E-state index contributed by atoms with van der Waals surface area (Å²) >= 11 is 6.07. The van der Waals surface area contributed by atoms with Crippen LogP contribution >= 0.6 is 11.6 Å². The lowest BCUT2D eigenvalue weighted by Gasteiger charge is -2.07. The first-order chi connectivity index (χ1) is 12.0. The Bertz CT molecular complexity index is 983. The van der Waals surface area contributed by atoms with E-state index in [-0.39, 0.29) is 11.6 Å². The van der Waals surface area contributed by atoms with Crippen molar-refractivity contribution in [2.45, 2.75) is 13.2 Å². The van der Waals surface area contributed by atoms with Gasteiger partial charge in [0.05, 0.1) is 17.8 Å². The number of benzene rings is 2. The van der Waals surface area contributed by atoms with Crippen LogP contribution in [0.2, 0.25) is 5.02 Å². The number of aliphatic carboxylic acids is 1. The number of rotatable bonds is 5. The van der Waals surface area contributed by atoms with Crippen LogP contribution in [0.25, 0.3) is 17.0 Å². The second kappa shape index (κ2) is 7.03. The van der Waals surface area contributed by atoms with E-state index in [0.29, 0.717) is 27.7 Å². The predicted octanol–water partition coefficient (Wildman–Crippen LogP) is 4.44. The van der Waals surface area contributed by atoms with Crippen molar-refractivity contribution in [2.75, 3.05) is 0 Å². The minimum atomic E-state index is -1.09. The molecule has 0 saturated heterocycles. The number of carboxylic acid groups (broad SMARTS) is 1. The largest absolute Gasteiger partial charge is 0.478 e. The summed E-state index contributed by atoms with van der Waals surface area (Å²) in [6.45, 7) is -0.384. The fourth-order valence-electron chi connectivity index (χ4n) is 2.53. The number of alkyl halides is 1. The maximum absolute atomic E-state index is 13.2. The molecule has 0 unspecified atom stereocenters. The Morgan fingerprint density at radius 2 is 2.08 bits per heavy atom. The number of hydrogen-bond acceptors (Lipinski definition) is 2. The molecule has 0 aliphatic heterocycles. The highest BCUT2D eigenvalue weighted by Gasteiger charge is 2.12. The summed E-state index contributed by atoms with van der Waals surface area (Å²) in [5, 5.41) is 14.1. The molecule has 0 aliphatic carbocycles. The summed E-state index contributed by atoms with van der Waals surface area (Å²) in [6.07, 6.45) is 2.36. The van der Waals surface area contributed by atoms with Crippen LogP contribution in [-0.4, -0.2) is 20.9 Å². The lowest BCUT2D eigenvalue weighted by molar-refractivity contribution is -0.131. The average molecular weight is 363 g/mol. The summed E-state index contributed by atoms with van der Waals surface area (Å²) in [5.41, 5.74) is 2.21. The Balaban J connectivity index is 2.10. The van der Waals surface area contributed by atoms with Crippen LogP contribution < -0.4 is 0 Å². The van der Waals surface area contributed by atoms with Crippen LogP contribution in [0.1, 0.15) is 16.8 Å². The highest BCUT2D eigenvalue weighted by Crippen LogP contribution is 2.25. The van der Waals surface area contributed by atoms with Gasteiger partial charge in [-0.3, -0.25) is 4.68 Å². The molecule has 0 aliphatic rings. The van der Waals surface area contributed by atoms with Crippen molar-refractivity contribution in [3.05, 3.63) is 70.1 Å². The monoisotopic (exact) mass is 362 g/mol. The second-order valence-corrected chi connectivity index (χ2v) is 5.84. The SMILES string of the molecule is O=C(O)/C=C/c1nn(Cc2ccc(F)cc2Cl)c2cc(CF)ccc12. The molecular weight excluding hydrogens is 350 g/mol. The van der Waals surface area contributed by atoms with Crippen LogP contribution in [0.15, 0.2) is 42.5 Å². The number of carbonyl (C=O) groups is 1. The summed E-state index contributed by atoms with van der Waals surface area (Å²) < 4.78 is 27.8. The van der Waals surface area contributed by atoms with E-state index in [9.17, 15) is 13.6 Å². The van der Waals surface area contributed by atoms with E-state index >= 15 is 0 Å².